The lowest BCUT2D eigenvalue weighted by Gasteiger charge is -2.05. The van der Waals surface area contributed by atoms with E-state index in [-0.39, 0.29) is 5.56 Å². The van der Waals surface area contributed by atoms with E-state index in [2.05, 4.69) is 15.0 Å². The lowest BCUT2D eigenvalue weighted by Crippen LogP contribution is -2.05. The zero-order chi connectivity index (χ0) is 16.1. The second kappa shape index (κ2) is 4.99. The number of H-pyrrole nitrogens is 2. The van der Waals surface area contributed by atoms with Crippen molar-refractivity contribution in [2.75, 3.05) is 5.75 Å². The molecule has 2 N–H and O–H groups in total. The van der Waals surface area contributed by atoms with E-state index in [1.54, 1.807) is 19.1 Å². The van der Waals surface area contributed by atoms with E-state index in [1.165, 1.54) is 18.3 Å². The highest BCUT2D eigenvalue weighted by molar-refractivity contribution is 7.84. The van der Waals surface area contributed by atoms with Crippen molar-refractivity contribution in [3.63, 3.8) is 0 Å². The second-order valence-electron chi connectivity index (χ2n) is 5.19. The molecule has 7 heteroatoms. The number of hydrogen-bond acceptors (Lipinski definition) is 3. The third kappa shape index (κ3) is 2.00. The Bertz CT molecular complexity index is 1160. The number of hydrogen-bond donors (Lipinski definition) is 2. The molecule has 0 spiro atoms. The number of halogens is 1. The van der Waals surface area contributed by atoms with Gasteiger partial charge in [-0.1, -0.05) is 6.92 Å². The van der Waals surface area contributed by atoms with Crippen LogP contribution in [0.25, 0.3) is 32.6 Å². The SMILES string of the molecule is CCS(=O)c1nc2c3cc[nH]c(=O)c3c3cc(F)ccc3c2[nH]1. The Morgan fingerprint density at radius 1 is 1.22 bits per heavy atom. The van der Waals surface area contributed by atoms with Crippen LogP contribution in [0.5, 0.6) is 0 Å². The van der Waals surface area contributed by atoms with Crippen molar-refractivity contribution in [1.29, 1.82) is 0 Å². The molecule has 2 heterocycles. The number of aromatic amines is 2. The largest absolute Gasteiger partial charge is 0.330 e. The number of pyridine rings is 1. The van der Waals surface area contributed by atoms with Crippen LogP contribution in [-0.4, -0.2) is 24.9 Å². The quantitative estimate of drug-likeness (QED) is 0.555. The Balaban J connectivity index is 2.32. The van der Waals surface area contributed by atoms with Gasteiger partial charge in [0.2, 0.25) is 0 Å². The topological polar surface area (TPSA) is 78.6 Å². The summed E-state index contributed by atoms with van der Waals surface area (Å²) in [6, 6.07) is 6.00. The van der Waals surface area contributed by atoms with Crippen LogP contribution in [0.4, 0.5) is 4.39 Å². The monoisotopic (exact) mass is 329 g/mol. The fourth-order valence-corrected chi connectivity index (χ4v) is 3.55. The van der Waals surface area contributed by atoms with Crippen molar-refractivity contribution in [3.05, 3.63) is 46.6 Å². The van der Waals surface area contributed by atoms with Gasteiger partial charge in [0.1, 0.15) is 5.82 Å². The van der Waals surface area contributed by atoms with Crippen LogP contribution in [-0.2, 0) is 10.8 Å². The first kappa shape index (κ1) is 14.1. The number of aromatic nitrogens is 3. The van der Waals surface area contributed by atoms with Crippen molar-refractivity contribution in [2.45, 2.75) is 12.1 Å². The second-order valence-corrected chi connectivity index (χ2v) is 6.84. The van der Waals surface area contributed by atoms with Crippen LogP contribution in [0.15, 0.2) is 40.4 Å². The zero-order valence-electron chi connectivity index (χ0n) is 12.1. The minimum Gasteiger partial charge on any atom is -0.330 e. The Morgan fingerprint density at radius 2 is 2.04 bits per heavy atom. The van der Waals surface area contributed by atoms with Gasteiger partial charge in [-0.3, -0.25) is 9.00 Å². The van der Waals surface area contributed by atoms with Crippen molar-refractivity contribution in [1.82, 2.24) is 15.0 Å². The van der Waals surface area contributed by atoms with Crippen LogP contribution in [0.1, 0.15) is 6.92 Å². The van der Waals surface area contributed by atoms with Gasteiger partial charge in [0.25, 0.3) is 5.56 Å². The fourth-order valence-electron chi connectivity index (χ4n) is 2.87. The van der Waals surface area contributed by atoms with Crippen molar-refractivity contribution >= 4 is 43.4 Å². The summed E-state index contributed by atoms with van der Waals surface area (Å²) in [5.41, 5.74) is 0.929. The Kier molecular flexibility index (Phi) is 3.05. The summed E-state index contributed by atoms with van der Waals surface area (Å²) in [7, 11) is -1.25. The molecular weight excluding hydrogens is 317 g/mol. The minimum absolute atomic E-state index is 0.304. The maximum Gasteiger partial charge on any atom is 0.256 e. The molecule has 0 radical (unpaired) electrons. The standard InChI is InChI=1S/C16H12FN3O2S/c1-2-23(22)16-19-13-9-4-3-8(17)7-11(9)12-10(14(13)20-16)5-6-18-15(12)21/h3-7H,2H2,1H3,(H,18,21)(H,19,20). The molecule has 0 aliphatic heterocycles. The van der Waals surface area contributed by atoms with Crippen LogP contribution >= 0.6 is 0 Å². The maximum absolute atomic E-state index is 13.7. The molecular formula is C16H12FN3O2S. The highest BCUT2D eigenvalue weighted by Gasteiger charge is 2.17. The molecule has 2 aromatic heterocycles. The van der Waals surface area contributed by atoms with Crippen LogP contribution < -0.4 is 5.56 Å². The third-order valence-electron chi connectivity index (χ3n) is 3.90. The molecule has 23 heavy (non-hydrogen) atoms. The lowest BCUT2D eigenvalue weighted by atomic mass is 10.0. The first-order chi connectivity index (χ1) is 11.1. The molecule has 0 fully saturated rings. The Hall–Kier alpha value is -2.54. The van der Waals surface area contributed by atoms with E-state index >= 15 is 0 Å². The molecule has 1 unspecified atom stereocenters. The van der Waals surface area contributed by atoms with Crippen molar-refractivity contribution in [3.8, 4) is 0 Å². The van der Waals surface area contributed by atoms with E-state index in [1.807, 2.05) is 0 Å². The molecule has 4 rings (SSSR count). The van der Waals surface area contributed by atoms with Gasteiger partial charge in [-0.15, -0.1) is 0 Å². The molecule has 1 atom stereocenters. The number of imidazole rings is 1. The van der Waals surface area contributed by atoms with Crippen LogP contribution in [0, 0.1) is 5.82 Å². The predicted molar refractivity (Wildman–Crippen MR) is 88.6 cm³/mol. The average molecular weight is 329 g/mol. The molecule has 0 aliphatic rings. The third-order valence-corrected chi connectivity index (χ3v) is 5.05. The summed E-state index contributed by atoms with van der Waals surface area (Å²) < 4.78 is 25.8. The van der Waals surface area contributed by atoms with Gasteiger partial charge >= 0.3 is 0 Å². The number of nitrogens with zero attached hydrogens (tertiary/aromatic N) is 1. The van der Waals surface area contributed by atoms with Gasteiger partial charge in [0, 0.05) is 28.1 Å². The maximum atomic E-state index is 13.7. The van der Waals surface area contributed by atoms with Crippen molar-refractivity contribution < 1.29 is 8.60 Å². The minimum atomic E-state index is -1.25. The zero-order valence-corrected chi connectivity index (χ0v) is 13.0. The van der Waals surface area contributed by atoms with E-state index in [0.29, 0.717) is 43.5 Å². The van der Waals surface area contributed by atoms with E-state index in [0.717, 1.165) is 0 Å². The van der Waals surface area contributed by atoms with Gasteiger partial charge in [0.05, 0.1) is 27.2 Å². The first-order valence-corrected chi connectivity index (χ1v) is 8.42. The number of nitrogens with one attached hydrogen (secondary N) is 2. The molecule has 0 aliphatic carbocycles. The molecule has 0 saturated carbocycles. The summed E-state index contributed by atoms with van der Waals surface area (Å²) in [6.07, 6.45) is 1.53. The molecule has 5 nitrogen and oxygen atoms in total. The van der Waals surface area contributed by atoms with E-state index in [9.17, 15) is 13.4 Å². The summed E-state index contributed by atoms with van der Waals surface area (Å²) in [6.45, 7) is 1.81. The van der Waals surface area contributed by atoms with Gasteiger partial charge in [-0.25, -0.2) is 9.37 Å². The molecule has 116 valence electrons. The summed E-state index contributed by atoms with van der Waals surface area (Å²) in [5, 5.41) is 2.54. The first-order valence-electron chi connectivity index (χ1n) is 7.11. The molecule has 0 bridgehead atoms. The van der Waals surface area contributed by atoms with Gasteiger partial charge in [-0.05, 0) is 24.3 Å². The summed E-state index contributed by atoms with van der Waals surface area (Å²) >= 11 is 0. The van der Waals surface area contributed by atoms with E-state index in [4.69, 9.17) is 0 Å². The lowest BCUT2D eigenvalue weighted by molar-refractivity contribution is 0.630. The molecule has 4 aromatic rings. The smallest absolute Gasteiger partial charge is 0.256 e. The predicted octanol–water partition coefficient (Wildman–Crippen LogP) is 2.82. The Morgan fingerprint density at radius 3 is 2.83 bits per heavy atom. The molecule has 0 amide bonds. The van der Waals surface area contributed by atoms with Crippen molar-refractivity contribution in [2.24, 2.45) is 0 Å². The number of benzene rings is 2. The Labute approximate surface area is 132 Å². The normalized spacial score (nSPS) is 13.1. The number of rotatable bonds is 2. The summed E-state index contributed by atoms with van der Waals surface area (Å²) in [4.78, 5) is 22.4. The average Bonchev–Trinajstić information content (AvgIpc) is 2.99. The van der Waals surface area contributed by atoms with Gasteiger partial charge in [-0.2, -0.15) is 0 Å². The molecule has 0 saturated heterocycles. The van der Waals surface area contributed by atoms with Gasteiger partial charge in [0.15, 0.2) is 5.16 Å². The van der Waals surface area contributed by atoms with E-state index < -0.39 is 16.6 Å². The highest BCUT2D eigenvalue weighted by Crippen LogP contribution is 2.32. The highest BCUT2D eigenvalue weighted by atomic mass is 32.2. The summed E-state index contributed by atoms with van der Waals surface area (Å²) in [5.74, 6) is 0.0172. The number of fused-ring (bicyclic) bond motifs is 6. The van der Waals surface area contributed by atoms with Crippen LogP contribution in [0.2, 0.25) is 0 Å². The molecule has 2 aromatic carbocycles. The van der Waals surface area contributed by atoms with Gasteiger partial charge < -0.3 is 9.97 Å². The fraction of sp³-hybridized carbons (Fsp3) is 0.125. The van der Waals surface area contributed by atoms with Crippen LogP contribution in [0.3, 0.4) is 0 Å².